The number of rotatable bonds is 2. The van der Waals surface area contributed by atoms with E-state index in [9.17, 15) is 18.0 Å². The number of aromatic nitrogens is 2. The van der Waals surface area contributed by atoms with Gasteiger partial charge in [-0.25, -0.2) is 0 Å². The molecule has 1 aromatic rings. The van der Waals surface area contributed by atoms with Crippen LogP contribution in [-0.2, 0) is 11.0 Å². The lowest BCUT2D eigenvalue weighted by Gasteiger charge is -2.36. The van der Waals surface area contributed by atoms with E-state index < -0.39 is 17.9 Å². The summed E-state index contributed by atoms with van der Waals surface area (Å²) in [6.07, 6.45) is -3.43. The maximum Gasteiger partial charge on any atom is 0.435 e. The van der Waals surface area contributed by atoms with Crippen molar-refractivity contribution in [2.75, 3.05) is 13.1 Å². The van der Waals surface area contributed by atoms with Crippen molar-refractivity contribution in [3.8, 4) is 0 Å². The van der Waals surface area contributed by atoms with E-state index in [1.54, 1.807) is 11.8 Å². The van der Waals surface area contributed by atoms with Gasteiger partial charge in [0.2, 0.25) is 5.91 Å². The van der Waals surface area contributed by atoms with Gasteiger partial charge in [0.25, 0.3) is 0 Å². The van der Waals surface area contributed by atoms with Gasteiger partial charge in [0, 0.05) is 18.8 Å². The first-order valence-electron chi connectivity index (χ1n) is 7.51. The molecule has 0 saturated carbocycles. The second kappa shape index (κ2) is 5.93. The molecule has 1 aliphatic rings. The molecular weight excluding hydrogens is 295 g/mol. The Labute approximate surface area is 128 Å². The van der Waals surface area contributed by atoms with Crippen molar-refractivity contribution in [1.82, 2.24) is 14.7 Å². The molecule has 0 N–H and O–H groups in total. The Morgan fingerprint density at radius 3 is 2.32 bits per heavy atom. The molecule has 0 bridgehead atoms. The lowest BCUT2D eigenvalue weighted by Crippen LogP contribution is -2.45. The van der Waals surface area contributed by atoms with Crippen molar-refractivity contribution in [3.05, 3.63) is 17.5 Å². The molecule has 3 atom stereocenters. The Morgan fingerprint density at radius 1 is 1.32 bits per heavy atom. The smallest absolute Gasteiger partial charge is 0.340 e. The third-order valence-corrected chi connectivity index (χ3v) is 4.12. The molecule has 0 aliphatic carbocycles. The lowest BCUT2D eigenvalue weighted by molar-refractivity contribution is -0.143. The minimum absolute atomic E-state index is 0.168. The van der Waals surface area contributed by atoms with Crippen molar-refractivity contribution in [2.24, 2.45) is 11.8 Å². The summed E-state index contributed by atoms with van der Waals surface area (Å²) < 4.78 is 39.4. The van der Waals surface area contributed by atoms with Crippen LogP contribution < -0.4 is 0 Å². The van der Waals surface area contributed by atoms with Gasteiger partial charge in [-0.3, -0.25) is 9.48 Å². The third kappa shape index (κ3) is 3.44. The molecular formula is C15H22F3N3O. The summed E-state index contributed by atoms with van der Waals surface area (Å²) in [4.78, 5) is 14.3. The minimum atomic E-state index is -4.49. The predicted octanol–water partition coefficient (Wildman–Crippen LogP) is 3.28. The number of hydrogen-bond acceptors (Lipinski definition) is 2. The molecule has 1 fully saturated rings. The van der Waals surface area contributed by atoms with Crippen LogP contribution in [0.15, 0.2) is 6.07 Å². The summed E-state index contributed by atoms with van der Waals surface area (Å²) in [7, 11) is 0. The van der Waals surface area contributed by atoms with Crippen molar-refractivity contribution in [1.29, 1.82) is 0 Å². The van der Waals surface area contributed by atoms with E-state index in [2.05, 4.69) is 18.9 Å². The van der Waals surface area contributed by atoms with Crippen LogP contribution >= 0.6 is 0 Å². The third-order valence-electron chi connectivity index (χ3n) is 4.12. The van der Waals surface area contributed by atoms with Crippen LogP contribution in [-0.4, -0.2) is 33.7 Å². The summed E-state index contributed by atoms with van der Waals surface area (Å²) >= 11 is 0. The molecule has 1 aliphatic heterocycles. The van der Waals surface area contributed by atoms with Crippen molar-refractivity contribution >= 4 is 5.91 Å². The molecule has 2 rings (SSSR count). The van der Waals surface area contributed by atoms with E-state index in [1.165, 1.54) is 11.6 Å². The van der Waals surface area contributed by atoms with E-state index in [0.717, 1.165) is 12.5 Å². The number of likely N-dealkylation sites (tertiary alicyclic amines) is 1. The van der Waals surface area contributed by atoms with Crippen LogP contribution in [0.25, 0.3) is 0 Å². The lowest BCUT2D eigenvalue weighted by atomic mass is 9.91. The Hall–Kier alpha value is -1.53. The maximum absolute atomic E-state index is 12.7. The average molecular weight is 317 g/mol. The van der Waals surface area contributed by atoms with E-state index >= 15 is 0 Å². The van der Waals surface area contributed by atoms with Gasteiger partial charge >= 0.3 is 6.18 Å². The number of aryl methyl sites for hydroxylation is 1. The van der Waals surface area contributed by atoms with Crippen LogP contribution in [0.3, 0.4) is 0 Å². The highest BCUT2D eigenvalue weighted by molar-refractivity contribution is 5.80. The van der Waals surface area contributed by atoms with Crippen molar-refractivity contribution in [3.63, 3.8) is 0 Å². The van der Waals surface area contributed by atoms with Crippen LogP contribution in [0.2, 0.25) is 0 Å². The largest absolute Gasteiger partial charge is 0.435 e. The summed E-state index contributed by atoms with van der Waals surface area (Å²) in [6.45, 7) is 8.61. The number of nitrogens with zero attached hydrogens (tertiary/aromatic N) is 3. The second-order valence-electron chi connectivity index (χ2n) is 6.48. The normalized spacial score (nSPS) is 24.4. The van der Waals surface area contributed by atoms with Crippen molar-refractivity contribution in [2.45, 2.75) is 46.3 Å². The molecule has 0 spiro atoms. The number of hydrogen-bond donors (Lipinski definition) is 0. The van der Waals surface area contributed by atoms with Crippen LogP contribution in [0.1, 0.15) is 44.6 Å². The predicted molar refractivity (Wildman–Crippen MR) is 76.2 cm³/mol. The first-order chi connectivity index (χ1) is 10.1. The standard InChI is InChI=1S/C15H22F3N3O/c1-9-5-10(2)8-20(7-9)14(22)12(4)21-11(3)6-13(19-21)15(16,17)18/h6,9-10,12H,5,7-8H2,1-4H3/t9-,10-,12-/m1/s1. The maximum atomic E-state index is 12.7. The number of piperidine rings is 1. The topological polar surface area (TPSA) is 38.1 Å². The van der Waals surface area contributed by atoms with Crippen LogP contribution in [0.5, 0.6) is 0 Å². The Morgan fingerprint density at radius 2 is 1.86 bits per heavy atom. The van der Waals surface area contributed by atoms with Gasteiger partial charge in [-0.15, -0.1) is 0 Å². The van der Waals surface area contributed by atoms with E-state index in [1.807, 2.05) is 0 Å². The van der Waals surface area contributed by atoms with E-state index in [4.69, 9.17) is 0 Å². The van der Waals surface area contributed by atoms with Crippen molar-refractivity contribution < 1.29 is 18.0 Å². The quantitative estimate of drug-likeness (QED) is 0.839. The van der Waals surface area contributed by atoms with Gasteiger partial charge in [0.05, 0.1) is 0 Å². The van der Waals surface area contributed by atoms with Crippen LogP contribution in [0, 0.1) is 18.8 Å². The van der Waals surface area contributed by atoms with Gasteiger partial charge in [-0.2, -0.15) is 18.3 Å². The van der Waals surface area contributed by atoms with Gasteiger partial charge in [0.1, 0.15) is 6.04 Å². The monoisotopic (exact) mass is 317 g/mol. The fourth-order valence-corrected chi connectivity index (χ4v) is 3.23. The Kier molecular flexibility index (Phi) is 4.54. The summed E-state index contributed by atoms with van der Waals surface area (Å²) in [5, 5.41) is 3.58. The summed E-state index contributed by atoms with van der Waals surface area (Å²) in [5.74, 6) is 0.645. The number of amides is 1. The highest BCUT2D eigenvalue weighted by atomic mass is 19.4. The zero-order chi connectivity index (χ0) is 16.7. The zero-order valence-electron chi connectivity index (χ0n) is 13.3. The summed E-state index contributed by atoms with van der Waals surface area (Å²) in [6, 6.07) is 0.249. The molecule has 0 unspecified atom stereocenters. The number of carbonyl (C=O) groups is 1. The molecule has 1 amide bonds. The fourth-order valence-electron chi connectivity index (χ4n) is 3.23. The minimum Gasteiger partial charge on any atom is -0.340 e. The zero-order valence-corrected chi connectivity index (χ0v) is 13.3. The number of alkyl halides is 3. The SMILES string of the molecule is Cc1cc(C(F)(F)F)nn1[C@H](C)C(=O)N1C[C@H](C)C[C@@H](C)C1. The summed E-state index contributed by atoms with van der Waals surface area (Å²) in [5.41, 5.74) is -0.615. The Balaban J connectivity index is 2.19. The molecule has 0 radical (unpaired) electrons. The van der Waals surface area contributed by atoms with Crippen LogP contribution in [0.4, 0.5) is 13.2 Å². The van der Waals surface area contributed by atoms with Gasteiger partial charge in [-0.05, 0) is 38.2 Å². The highest BCUT2D eigenvalue weighted by Gasteiger charge is 2.36. The molecule has 124 valence electrons. The number of halogens is 3. The molecule has 0 aromatic carbocycles. The molecule has 1 saturated heterocycles. The second-order valence-corrected chi connectivity index (χ2v) is 6.48. The number of carbonyl (C=O) groups excluding carboxylic acids is 1. The van der Waals surface area contributed by atoms with E-state index in [0.29, 0.717) is 30.6 Å². The van der Waals surface area contributed by atoms with Gasteiger partial charge in [-0.1, -0.05) is 13.8 Å². The fraction of sp³-hybridized carbons (Fsp3) is 0.733. The molecule has 4 nitrogen and oxygen atoms in total. The first kappa shape index (κ1) is 16.8. The molecule has 7 heteroatoms. The average Bonchev–Trinajstić information content (AvgIpc) is 2.78. The molecule has 22 heavy (non-hydrogen) atoms. The molecule has 2 heterocycles. The first-order valence-corrected chi connectivity index (χ1v) is 7.51. The van der Waals surface area contributed by atoms with E-state index in [-0.39, 0.29) is 5.91 Å². The van der Waals surface area contributed by atoms with Gasteiger partial charge < -0.3 is 4.90 Å². The Bertz CT molecular complexity index is 543. The molecule has 1 aromatic heterocycles. The van der Waals surface area contributed by atoms with Gasteiger partial charge in [0.15, 0.2) is 5.69 Å². The highest BCUT2D eigenvalue weighted by Crippen LogP contribution is 2.30.